The SMILES string of the molecule is [CH]1NCCN1C1CCNCC1. The van der Waals surface area contributed by atoms with Crippen LogP contribution in [-0.4, -0.2) is 37.1 Å². The van der Waals surface area contributed by atoms with Crippen molar-refractivity contribution in [3.8, 4) is 0 Å². The van der Waals surface area contributed by atoms with E-state index in [2.05, 4.69) is 22.2 Å². The fraction of sp³-hybridized carbons (Fsp3) is 0.875. The van der Waals surface area contributed by atoms with Gasteiger partial charge in [-0.15, -0.1) is 0 Å². The van der Waals surface area contributed by atoms with E-state index in [0.29, 0.717) is 0 Å². The maximum Gasteiger partial charge on any atom is 0.0897 e. The minimum Gasteiger partial charge on any atom is -0.317 e. The molecule has 2 N–H and O–H groups in total. The molecular formula is C8H16N3. The summed E-state index contributed by atoms with van der Waals surface area (Å²) in [5.41, 5.74) is 0. The van der Waals surface area contributed by atoms with Gasteiger partial charge in [-0.25, -0.2) is 0 Å². The summed E-state index contributed by atoms with van der Waals surface area (Å²) < 4.78 is 0. The predicted molar refractivity (Wildman–Crippen MR) is 44.9 cm³/mol. The lowest BCUT2D eigenvalue weighted by Crippen LogP contribution is -2.40. The molecule has 2 rings (SSSR count). The zero-order valence-corrected chi connectivity index (χ0v) is 6.84. The summed E-state index contributed by atoms with van der Waals surface area (Å²) in [5, 5.41) is 6.63. The highest BCUT2D eigenvalue weighted by atomic mass is 15.3. The first-order valence-electron chi connectivity index (χ1n) is 4.50. The van der Waals surface area contributed by atoms with Gasteiger partial charge in [-0.1, -0.05) is 0 Å². The van der Waals surface area contributed by atoms with Crippen LogP contribution in [0, 0.1) is 6.67 Å². The molecule has 0 aliphatic carbocycles. The summed E-state index contributed by atoms with van der Waals surface area (Å²) in [4.78, 5) is 2.45. The summed E-state index contributed by atoms with van der Waals surface area (Å²) >= 11 is 0. The standard InChI is InChI=1S/C8H16N3/c1-3-9-4-2-8(1)11-6-5-10-7-11/h7-10H,1-6H2. The Morgan fingerprint density at radius 3 is 2.64 bits per heavy atom. The van der Waals surface area contributed by atoms with Crippen LogP contribution in [0.5, 0.6) is 0 Å². The lowest BCUT2D eigenvalue weighted by atomic mass is 10.1. The number of nitrogens with zero attached hydrogens (tertiary/aromatic N) is 1. The van der Waals surface area contributed by atoms with Gasteiger partial charge in [-0.3, -0.25) is 10.2 Å². The number of piperidine rings is 1. The summed E-state index contributed by atoms with van der Waals surface area (Å²) in [5.74, 6) is 0. The van der Waals surface area contributed by atoms with Gasteiger partial charge in [0, 0.05) is 19.1 Å². The maximum absolute atomic E-state index is 3.38. The van der Waals surface area contributed by atoms with Crippen LogP contribution in [0.15, 0.2) is 0 Å². The summed E-state index contributed by atoms with van der Waals surface area (Å²) in [6.45, 7) is 6.86. The quantitative estimate of drug-likeness (QED) is 0.546. The second-order valence-electron chi connectivity index (χ2n) is 3.30. The summed E-state index contributed by atoms with van der Waals surface area (Å²) in [6, 6.07) is 0.797. The molecule has 3 nitrogen and oxygen atoms in total. The molecule has 0 aromatic rings. The molecule has 0 saturated carbocycles. The van der Waals surface area contributed by atoms with Crippen molar-refractivity contribution in [2.24, 2.45) is 0 Å². The lowest BCUT2D eigenvalue weighted by molar-refractivity contribution is 0.228. The minimum absolute atomic E-state index is 0.797. The van der Waals surface area contributed by atoms with E-state index >= 15 is 0 Å². The highest BCUT2D eigenvalue weighted by molar-refractivity contribution is 4.85. The van der Waals surface area contributed by atoms with E-state index in [1.807, 2.05) is 0 Å². The molecule has 1 radical (unpaired) electrons. The van der Waals surface area contributed by atoms with Crippen molar-refractivity contribution >= 4 is 0 Å². The second-order valence-corrected chi connectivity index (χ2v) is 3.30. The smallest absolute Gasteiger partial charge is 0.0897 e. The van der Waals surface area contributed by atoms with Crippen molar-refractivity contribution in [2.75, 3.05) is 26.2 Å². The Morgan fingerprint density at radius 1 is 1.18 bits per heavy atom. The van der Waals surface area contributed by atoms with Crippen LogP contribution in [0.2, 0.25) is 0 Å². The van der Waals surface area contributed by atoms with E-state index in [4.69, 9.17) is 0 Å². The van der Waals surface area contributed by atoms with E-state index in [-0.39, 0.29) is 0 Å². The monoisotopic (exact) mass is 154 g/mol. The molecule has 0 aromatic heterocycles. The van der Waals surface area contributed by atoms with Gasteiger partial charge in [-0.05, 0) is 25.9 Å². The molecule has 2 saturated heterocycles. The van der Waals surface area contributed by atoms with Crippen LogP contribution in [-0.2, 0) is 0 Å². The number of rotatable bonds is 1. The summed E-state index contributed by atoms with van der Waals surface area (Å²) in [7, 11) is 0. The molecule has 0 amide bonds. The van der Waals surface area contributed by atoms with Crippen molar-refractivity contribution in [3.05, 3.63) is 6.67 Å². The largest absolute Gasteiger partial charge is 0.317 e. The van der Waals surface area contributed by atoms with Crippen LogP contribution in [0.3, 0.4) is 0 Å². The van der Waals surface area contributed by atoms with Crippen molar-refractivity contribution in [1.29, 1.82) is 0 Å². The number of hydrogen-bond acceptors (Lipinski definition) is 3. The molecule has 2 aliphatic rings. The van der Waals surface area contributed by atoms with Gasteiger partial charge in [0.2, 0.25) is 0 Å². The number of nitrogens with one attached hydrogen (secondary N) is 2. The van der Waals surface area contributed by atoms with Gasteiger partial charge in [0.15, 0.2) is 0 Å². The lowest BCUT2D eigenvalue weighted by Gasteiger charge is -2.30. The zero-order valence-electron chi connectivity index (χ0n) is 6.84. The predicted octanol–water partition coefficient (Wildman–Crippen LogP) is -0.237. The molecule has 11 heavy (non-hydrogen) atoms. The zero-order chi connectivity index (χ0) is 7.52. The van der Waals surface area contributed by atoms with Crippen molar-refractivity contribution in [3.63, 3.8) is 0 Å². The Hall–Kier alpha value is -0.120. The van der Waals surface area contributed by atoms with E-state index in [1.165, 1.54) is 32.5 Å². The minimum atomic E-state index is 0.797. The van der Waals surface area contributed by atoms with Gasteiger partial charge in [0.25, 0.3) is 0 Å². The molecular weight excluding hydrogens is 138 g/mol. The van der Waals surface area contributed by atoms with Crippen molar-refractivity contribution in [2.45, 2.75) is 18.9 Å². The first-order valence-corrected chi connectivity index (χ1v) is 4.50. The second kappa shape index (κ2) is 3.52. The third-order valence-electron chi connectivity index (χ3n) is 2.55. The Balaban J connectivity index is 1.82. The molecule has 0 bridgehead atoms. The van der Waals surface area contributed by atoms with Crippen LogP contribution >= 0.6 is 0 Å². The Bertz CT molecular complexity index is 115. The first-order chi connectivity index (χ1) is 5.47. The van der Waals surface area contributed by atoms with E-state index in [9.17, 15) is 0 Å². The Morgan fingerprint density at radius 2 is 2.00 bits per heavy atom. The average molecular weight is 154 g/mol. The molecule has 0 aromatic carbocycles. The summed E-state index contributed by atoms with van der Waals surface area (Å²) in [6.07, 6.45) is 2.61. The molecule has 0 atom stereocenters. The molecule has 2 aliphatic heterocycles. The van der Waals surface area contributed by atoms with Crippen LogP contribution in [0.4, 0.5) is 0 Å². The maximum atomic E-state index is 3.38. The van der Waals surface area contributed by atoms with E-state index < -0.39 is 0 Å². The Labute approximate surface area is 68.1 Å². The highest BCUT2D eigenvalue weighted by Crippen LogP contribution is 2.13. The highest BCUT2D eigenvalue weighted by Gasteiger charge is 2.22. The molecule has 0 unspecified atom stereocenters. The third-order valence-corrected chi connectivity index (χ3v) is 2.55. The third kappa shape index (κ3) is 1.72. The average Bonchev–Trinajstić information content (AvgIpc) is 2.58. The fourth-order valence-corrected chi connectivity index (χ4v) is 1.87. The van der Waals surface area contributed by atoms with Gasteiger partial charge in [0.1, 0.15) is 0 Å². The first kappa shape index (κ1) is 7.53. The van der Waals surface area contributed by atoms with E-state index in [1.54, 1.807) is 0 Å². The van der Waals surface area contributed by atoms with Crippen LogP contribution < -0.4 is 10.6 Å². The van der Waals surface area contributed by atoms with Crippen molar-refractivity contribution < 1.29 is 0 Å². The topological polar surface area (TPSA) is 27.3 Å². The van der Waals surface area contributed by atoms with Gasteiger partial charge in [-0.2, -0.15) is 0 Å². The fourth-order valence-electron chi connectivity index (χ4n) is 1.87. The molecule has 63 valence electrons. The van der Waals surface area contributed by atoms with Crippen LogP contribution in [0.25, 0.3) is 0 Å². The molecule has 3 heteroatoms. The van der Waals surface area contributed by atoms with Crippen molar-refractivity contribution in [1.82, 2.24) is 15.5 Å². The van der Waals surface area contributed by atoms with Gasteiger partial charge >= 0.3 is 0 Å². The number of hydrogen-bond donors (Lipinski definition) is 2. The molecule has 0 spiro atoms. The van der Waals surface area contributed by atoms with Crippen LogP contribution in [0.1, 0.15) is 12.8 Å². The normalized spacial score (nSPS) is 29.5. The Kier molecular flexibility index (Phi) is 2.41. The van der Waals surface area contributed by atoms with Gasteiger partial charge < -0.3 is 5.32 Å². The molecule has 2 fully saturated rings. The van der Waals surface area contributed by atoms with E-state index in [0.717, 1.165) is 12.6 Å². The molecule has 2 heterocycles. The van der Waals surface area contributed by atoms with Gasteiger partial charge in [0.05, 0.1) is 6.67 Å².